The van der Waals surface area contributed by atoms with Crippen LogP contribution >= 0.6 is 11.8 Å². The summed E-state index contributed by atoms with van der Waals surface area (Å²) in [5, 5.41) is 12.4. The Morgan fingerprint density at radius 1 is 1.06 bits per heavy atom. The van der Waals surface area contributed by atoms with E-state index in [4.69, 9.17) is 4.74 Å². The van der Waals surface area contributed by atoms with Gasteiger partial charge in [0.1, 0.15) is 18.7 Å². The van der Waals surface area contributed by atoms with E-state index in [0.29, 0.717) is 25.1 Å². The second kappa shape index (κ2) is 11.6. The van der Waals surface area contributed by atoms with Gasteiger partial charge in [0.15, 0.2) is 0 Å². The third kappa shape index (κ3) is 5.64. The number of carboxylic acid groups (broad SMARTS) is 1. The minimum absolute atomic E-state index is 0.0736. The number of rotatable bonds is 8. The Balaban J connectivity index is 1.45. The number of amides is 2. The number of aliphatic carboxylic acids is 1. The summed E-state index contributed by atoms with van der Waals surface area (Å²) in [6, 6.07) is 14.5. The number of likely N-dealkylation sites (tertiary alicyclic amines) is 1. The van der Waals surface area contributed by atoms with E-state index in [0.717, 1.165) is 41.5 Å². The molecule has 2 aliphatic rings. The zero-order chi connectivity index (χ0) is 24.8. The van der Waals surface area contributed by atoms with Crippen molar-refractivity contribution in [2.24, 2.45) is 0 Å². The lowest BCUT2D eigenvalue weighted by molar-refractivity contribution is -0.151. The van der Waals surface area contributed by atoms with Crippen LogP contribution in [-0.4, -0.2) is 65.2 Å². The van der Waals surface area contributed by atoms with E-state index in [2.05, 4.69) is 29.6 Å². The fourth-order valence-corrected chi connectivity index (χ4v) is 5.58. The lowest BCUT2D eigenvalue weighted by Gasteiger charge is -2.31. The fraction of sp³-hybridized carbons (Fsp3) is 0.444. The van der Waals surface area contributed by atoms with Gasteiger partial charge in [-0.2, -0.15) is 11.8 Å². The lowest BCUT2D eigenvalue weighted by Crippen LogP contribution is -2.54. The van der Waals surface area contributed by atoms with Gasteiger partial charge in [0.05, 0.1) is 0 Å². The molecule has 0 spiro atoms. The molecule has 1 heterocycles. The molecule has 1 aliphatic heterocycles. The lowest BCUT2D eigenvalue weighted by atomic mass is 9.98. The van der Waals surface area contributed by atoms with Crippen LogP contribution in [0.3, 0.4) is 0 Å². The van der Waals surface area contributed by atoms with Crippen molar-refractivity contribution in [3.05, 3.63) is 59.7 Å². The number of hydrogen-bond acceptors (Lipinski definition) is 5. The molecule has 1 aliphatic carbocycles. The van der Waals surface area contributed by atoms with Gasteiger partial charge in [-0.15, -0.1) is 0 Å². The number of nitrogens with zero attached hydrogens (tertiary/aromatic N) is 1. The zero-order valence-electron chi connectivity index (χ0n) is 19.9. The summed E-state index contributed by atoms with van der Waals surface area (Å²) >= 11 is 1.57. The van der Waals surface area contributed by atoms with E-state index >= 15 is 0 Å². The first-order chi connectivity index (χ1) is 17.0. The van der Waals surface area contributed by atoms with Gasteiger partial charge in [-0.1, -0.05) is 61.4 Å². The van der Waals surface area contributed by atoms with Gasteiger partial charge in [0, 0.05) is 12.5 Å². The number of alkyl carbamates (subject to hydrolysis) is 1. The SMILES string of the molecule is CSCC[C@@H](NC(=O)OCC1c2ccccc2-c2ccccc21)C(=O)N1CCCCCC1C(=O)O. The average Bonchev–Trinajstić information content (AvgIpc) is 3.00. The number of carboxylic acids is 1. The molecule has 0 radical (unpaired) electrons. The van der Waals surface area contributed by atoms with Crippen LogP contribution in [0.5, 0.6) is 0 Å². The molecule has 7 nitrogen and oxygen atoms in total. The highest BCUT2D eigenvalue weighted by molar-refractivity contribution is 7.98. The highest BCUT2D eigenvalue weighted by atomic mass is 32.2. The van der Waals surface area contributed by atoms with E-state index in [1.807, 2.05) is 30.5 Å². The van der Waals surface area contributed by atoms with Crippen molar-refractivity contribution in [1.82, 2.24) is 10.2 Å². The Hall–Kier alpha value is -3.00. The Morgan fingerprint density at radius 3 is 2.34 bits per heavy atom. The maximum Gasteiger partial charge on any atom is 0.407 e. The van der Waals surface area contributed by atoms with Crippen LogP contribution in [0.1, 0.15) is 49.1 Å². The van der Waals surface area contributed by atoms with Crippen LogP contribution in [0, 0.1) is 0 Å². The topological polar surface area (TPSA) is 95.9 Å². The molecule has 186 valence electrons. The third-order valence-corrected chi connectivity index (χ3v) is 7.51. The Morgan fingerprint density at radius 2 is 1.71 bits per heavy atom. The van der Waals surface area contributed by atoms with E-state index in [-0.39, 0.29) is 18.4 Å². The predicted octanol–water partition coefficient (Wildman–Crippen LogP) is 4.50. The van der Waals surface area contributed by atoms with Crippen LogP contribution in [0.2, 0.25) is 0 Å². The Bertz CT molecular complexity index is 1030. The molecule has 4 rings (SSSR count). The highest BCUT2D eigenvalue weighted by Gasteiger charge is 2.35. The van der Waals surface area contributed by atoms with Crippen molar-refractivity contribution in [3.8, 4) is 11.1 Å². The number of carbonyl (C=O) groups is 3. The molecule has 1 unspecified atom stereocenters. The molecular formula is C27H32N2O5S. The van der Waals surface area contributed by atoms with Gasteiger partial charge in [0.25, 0.3) is 0 Å². The molecule has 2 amide bonds. The first-order valence-corrected chi connectivity index (χ1v) is 13.5. The second-order valence-corrected chi connectivity index (χ2v) is 10.0. The van der Waals surface area contributed by atoms with E-state index < -0.39 is 24.1 Å². The normalized spacial score (nSPS) is 18.2. The van der Waals surface area contributed by atoms with Gasteiger partial charge in [-0.3, -0.25) is 4.79 Å². The number of thioether (sulfide) groups is 1. The summed E-state index contributed by atoms with van der Waals surface area (Å²) < 4.78 is 5.64. The van der Waals surface area contributed by atoms with Crippen LogP contribution in [-0.2, 0) is 14.3 Å². The van der Waals surface area contributed by atoms with Crippen LogP contribution in [0.25, 0.3) is 11.1 Å². The number of carbonyl (C=O) groups excluding carboxylic acids is 2. The predicted molar refractivity (Wildman–Crippen MR) is 137 cm³/mol. The minimum atomic E-state index is -0.995. The molecule has 0 aromatic heterocycles. The quantitative estimate of drug-likeness (QED) is 0.559. The molecule has 1 fully saturated rings. The molecule has 0 saturated carbocycles. The maximum atomic E-state index is 13.4. The molecule has 35 heavy (non-hydrogen) atoms. The Labute approximate surface area is 210 Å². The standard InChI is InChI=1S/C27H32N2O5S/c1-35-16-14-23(25(30)29-15-8-2-3-13-24(29)26(31)32)28-27(33)34-17-22-20-11-6-4-9-18(20)19-10-5-7-12-21(19)22/h4-7,9-12,22-24H,2-3,8,13-17H2,1H3,(H,28,33)(H,31,32)/t23-,24?/m1/s1. The Kier molecular flexibility index (Phi) is 8.33. The molecule has 1 saturated heterocycles. The first-order valence-electron chi connectivity index (χ1n) is 12.1. The molecule has 2 N–H and O–H groups in total. The maximum absolute atomic E-state index is 13.4. The second-order valence-electron chi connectivity index (χ2n) is 9.04. The van der Waals surface area contributed by atoms with Crippen molar-refractivity contribution in [3.63, 3.8) is 0 Å². The van der Waals surface area contributed by atoms with Crippen LogP contribution < -0.4 is 5.32 Å². The van der Waals surface area contributed by atoms with E-state index in [1.54, 1.807) is 11.8 Å². The number of hydrogen-bond donors (Lipinski definition) is 2. The zero-order valence-corrected chi connectivity index (χ0v) is 20.8. The largest absolute Gasteiger partial charge is 0.480 e. The van der Waals surface area contributed by atoms with E-state index in [1.165, 1.54) is 4.90 Å². The van der Waals surface area contributed by atoms with Crippen molar-refractivity contribution in [1.29, 1.82) is 0 Å². The van der Waals surface area contributed by atoms with E-state index in [9.17, 15) is 19.5 Å². The number of ether oxygens (including phenoxy) is 1. The summed E-state index contributed by atoms with van der Waals surface area (Å²) in [5.41, 5.74) is 4.52. The molecule has 2 aromatic carbocycles. The average molecular weight is 497 g/mol. The van der Waals surface area contributed by atoms with Gasteiger partial charge >= 0.3 is 12.1 Å². The summed E-state index contributed by atoms with van der Waals surface area (Å²) in [7, 11) is 0. The summed E-state index contributed by atoms with van der Waals surface area (Å²) in [6.07, 6.45) is 4.54. The van der Waals surface area contributed by atoms with Crippen LogP contribution in [0.4, 0.5) is 4.79 Å². The highest BCUT2D eigenvalue weighted by Crippen LogP contribution is 2.44. The van der Waals surface area contributed by atoms with Crippen molar-refractivity contribution < 1.29 is 24.2 Å². The molecule has 2 aromatic rings. The van der Waals surface area contributed by atoms with Gasteiger partial charge in [-0.25, -0.2) is 9.59 Å². The van der Waals surface area contributed by atoms with Crippen molar-refractivity contribution in [2.45, 2.75) is 50.1 Å². The molecule has 0 bridgehead atoms. The first kappa shape index (κ1) is 25.1. The van der Waals surface area contributed by atoms with Crippen molar-refractivity contribution >= 4 is 29.7 Å². The van der Waals surface area contributed by atoms with Gasteiger partial charge in [-0.05, 0) is 53.5 Å². The molecular weight excluding hydrogens is 464 g/mol. The van der Waals surface area contributed by atoms with Gasteiger partial charge < -0.3 is 20.1 Å². The third-order valence-electron chi connectivity index (χ3n) is 6.87. The number of benzene rings is 2. The fourth-order valence-electron chi connectivity index (χ4n) is 5.10. The summed E-state index contributed by atoms with van der Waals surface area (Å²) in [5.74, 6) is -0.756. The number of nitrogens with one attached hydrogen (secondary N) is 1. The molecule has 2 atom stereocenters. The summed E-state index contributed by atoms with van der Waals surface area (Å²) in [6.45, 7) is 0.544. The van der Waals surface area contributed by atoms with Gasteiger partial charge in [0.2, 0.25) is 5.91 Å². The van der Waals surface area contributed by atoms with Crippen LogP contribution in [0.15, 0.2) is 48.5 Å². The minimum Gasteiger partial charge on any atom is -0.480 e. The summed E-state index contributed by atoms with van der Waals surface area (Å²) in [4.78, 5) is 39.5. The smallest absolute Gasteiger partial charge is 0.407 e. The molecule has 8 heteroatoms. The van der Waals surface area contributed by atoms with Crippen molar-refractivity contribution in [2.75, 3.05) is 25.2 Å². The monoisotopic (exact) mass is 496 g/mol. The number of fused-ring (bicyclic) bond motifs is 3.